The summed E-state index contributed by atoms with van der Waals surface area (Å²) in [7, 11) is 0. The Bertz CT molecular complexity index is 931. The van der Waals surface area contributed by atoms with Crippen molar-refractivity contribution in [2.24, 2.45) is 5.92 Å². The van der Waals surface area contributed by atoms with Crippen molar-refractivity contribution in [2.45, 2.75) is 51.6 Å². The van der Waals surface area contributed by atoms with Crippen molar-refractivity contribution in [1.29, 1.82) is 0 Å². The third kappa shape index (κ3) is 4.23. The quantitative estimate of drug-likeness (QED) is 0.745. The molecule has 0 aromatic carbocycles. The lowest BCUT2D eigenvalue weighted by molar-refractivity contribution is -0.138. The van der Waals surface area contributed by atoms with E-state index in [-0.39, 0.29) is 11.4 Å². The lowest BCUT2D eigenvalue weighted by atomic mass is 9.82. The first-order valence-corrected chi connectivity index (χ1v) is 11.7. The fraction of sp³-hybridized carbons (Fsp3) is 0.560. The number of piperazine rings is 1. The molecular formula is C25H33N5O. The number of hydrogen-bond acceptors (Lipinski definition) is 5. The normalized spacial score (nSPS) is 22.3. The predicted octanol–water partition coefficient (Wildman–Crippen LogP) is 3.19. The van der Waals surface area contributed by atoms with Crippen LogP contribution in [0.5, 0.6) is 0 Å². The van der Waals surface area contributed by atoms with Crippen molar-refractivity contribution in [1.82, 2.24) is 19.8 Å². The van der Waals surface area contributed by atoms with Gasteiger partial charge in [-0.05, 0) is 69.7 Å². The average molecular weight is 420 g/mol. The van der Waals surface area contributed by atoms with E-state index in [1.165, 1.54) is 12.8 Å². The van der Waals surface area contributed by atoms with Crippen LogP contribution in [0.15, 0.2) is 36.5 Å². The molecule has 0 N–H and O–H groups in total. The number of aryl methyl sites for hydroxylation is 2. The first-order valence-electron chi connectivity index (χ1n) is 11.7. The molecule has 6 nitrogen and oxygen atoms in total. The van der Waals surface area contributed by atoms with Crippen LogP contribution in [0.1, 0.15) is 42.8 Å². The van der Waals surface area contributed by atoms with Crippen molar-refractivity contribution in [3.05, 3.63) is 53.6 Å². The molecule has 5 rings (SSSR count). The van der Waals surface area contributed by atoms with Gasteiger partial charge < -0.3 is 4.90 Å². The maximum atomic E-state index is 13.9. The Balaban J connectivity index is 1.34. The number of piperidine rings is 1. The number of likely N-dealkylation sites (tertiary alicyclic amines) is 1. The summed E-state index contributed by atoms with van der Waals surface area (Å²) < 4.78 is 0. The van der Waals surface area contributed by atoms with Gasteiger partial charge in [-0.15, -0.1) is 0 Å². The van der Waals surface area contributed by atoms with Gasteiger partial charge in [0.1, 0.15) is 5.54 Å². The van der Waals surface area contributed by atoms with Gasteiger partial charge >= 0.3 is 0 Å². The standard InChI is InChI=1S/C25H33N5O/c1-19-6-9-23(16-26-19)30-15-14-29(17-21-7-8-21)25(24(30)31)10-12-28(13-11-25)18-22-5-3-4-20(2)27-22/h3-6,9,16,21H,7-8,10-15,17-18H2,1-2H3. The zero-order chi connectivity index (χ0) is 21.4. The van der Waals surface area contributed by atoms with Gasteiger partial charge in [0.25, 0.3) is 0 Å². The maximum absolute atomic E-state index is 13.9. The highest BCUT2D eigenvalue weighted by Gasteiger charge is 2.51. The number of carbonyl (C=O) groups excluding carboxylic acids is 1. The van der Waals surface area contributed by atoms with Gasteiger partial charge in [-0.2, -0.15) is 0 Å². The van der Waals surface area contributed by atoms with Crippen LogP contribution in [0.3, 0.4) is 0 Å². The van der Waals surface area contributed by atoms with Crippen LogP contribution in [0.2, 0.25) is 0 Å². The molecule has 1 aliphatic carbocycles. The number of amides is 1. The van der Waals surface area contributed by atoms with Gasteiger partial charge in [0.2, 0.25) is 5.91 Å². The minimum absolute atomic E-state index is 0.276. The second-order valence-electron chi connectivity index (χ2n) is 9.58. The van der Waals surface area contributed by atoms with E-state index in [0.29, 0.717) is 0 Å². The summed E-state index contributed by atoms with van der Waals surface area (Å²) in [5.41, 5.74) is 3.73. The van der Waals surface area contributed by atoms with Crippen LogP contribution < -0.4 is 4.90 Å². The Labute approximate surface area is 185 Å². The van der Waals surface area contributed by atoms with Crippen molar-refractivity contribution >= 4 is 11.6 Å². The monoisotopic (exact) mass is 419 g/mol. The fourth-order valence-electron chi connectivity index (χ4n) is 5.19. The van der Waals surface area contributed by atoms with Crippen LogP contribution in [0.25, 0.3) is 0 Å². The highest BCUT2D eigenvalue weighted by molar-refractivity contribution is 6.01. The van der Waals surface area contributed by atoms with E-state index in [2.05, 4.69) is 31.9 Å². The lowest BCUT2D eigenvalue weighted by Crippen LogP contribution is -2.69. The molecule has 0 bridgehead atoms. The maximum Gasteiger partial charge on any atom is 0.247 e. The molecule has 2 saturated heterocycles. The van der Waals surface area contributed by atoms with E-state index >= 15 is 0 Å². The van der Waals surface area contributed by atoms with E-state index in [9.17, 15) is 4.79 Å². The number of hydrogen-bond donors (Lipinski definition) is 0. The molecule has 4 heterocycles. The second kappa shape index (κ2) is 8.32. The Hall–Kier alpha value is -2.31. The smallest absolute Gasteiger partial charge is 0.247 e. The molecule has 1 spiro atoms. The van der Waals surface area contributed by atoms with Gasteiger partial charge in [0.15, 0.2) is 0 Å². The highest BCUT2D eigenvalue weighted by Crippen LogP contribution is 2.39. The molecule has 0 atom stereocenters. The van der Waals surface area contributed by atoms with Gasteiger partial charge in [-0.1, -0.05) is 6.07 Å². The van der Waals surface area contributed by atoms with Gasteiger partial charge in [0, 0.05) is 50.7 Å². The summed E-state index contributed by atoms with van der Waals surface area (Å²) in [6.07, 6.45) is 6.27. The molecule has 0 radical (unpaired) electrons. The zero-order valence-electron chi connectivity index (χ0n) is 18.8. The van der Waals surface area contributed by atoms with Crippen LogP contribution >= 0.6 is 0 Å². The number of anilines is 1. The third-order valence-electron chi connectivity index (χ3n) is 7.24. The van der Waals surface area contributed by atoms with Crippen LogP contribution in [-0.4, -0.2) is 63.9 Å². The highest BCUT2D eigenvalue weighted by atomic mass is 16.2. The van der Waals surface area contributed by atoms with Gasteiger partial charge in [-0.3, -0.25) is 24.6 Å². The zero-order valence-corrected chi connectivity index (χ0v) is 18.8. The Morgan fingerprint density at radius 3 is 2.48 bits per heavy atom. The fourth-order valence-corrected chi connectivity index (χ4v) is 5.19. The molecule has 2 aromatic heterocycles. The molecule has 1 amide bonds. The Kier molecular flexibility index (Phi) is 5.52. The minimum atomic E-state index is -0.373. The van der Waals surface area contributed by atoms with E-state index in [4.69, 9.17) is 0 Å². The molecule has 0 unspecified atom stereocenters. The van der Waals surface area contributed by atoms with Crippen molar-refractivity contribution in [3.8, 4) is 0 Å². The van der Waals surface area contributed by atoms with Crippen molar-refractivity contribution < 1.29 is 4.79 Å². The molecule has 31 heavy (non-hydrogen) atoms. The van der Waals surface area contributed by atoms with E-state index in [1.54, 1.807) is 0 Å². The Morgan fingerprint density at radius 1 is 1.00 bits per heavy atom. The first-order chi connectivity index (χ1) is 15.0. The van der Waals surface area contributed by atoms with Gasteiger partial charge in [0.05, 0.1) is 17.6 Å². The number of rotatable bonds is 5. The summed E-state index contributed by atoms with van der Waals surface area (Å²) in [5, 5.41) is 0. The summed E-state index contributed by atoms with van der Waals surface area (Å²) >= 11 is 0. The summed E-state index contributed by atoms with van der Waals surface area (Å²) in [5.74, 6) is 1.06. The number of pyridine rings is 2. The molecule has 1 saturated carbocycles. The number of aromatic nitrogens is 2. The van der Waals surface area contributed by atoms with Crippen molar-refractivity contribution in [2.75, 3.05) is 37.6 Å². The van der Waals surface area contributed by atoms with E-state index < -0.39 is 0 Å². The topological polar surface area (TPSA) is 52.6 Å². The largest absolute Gasteiger partial charge is 0.308 e. The SMILES string of the molecule is Cc1ccc(N2CCN(CC3CC3)C3(CCN(Cc4cccc(C)n4)CC3)C2=O)cn1. The molecule has 164 valence electrons. The molecule has 3 fully saturated rings. The molecule has 2 aromatic rings. The van der Waals surface area contributed by atoms with Crippen LogP contribution in [0, 0.1) is 19.8 Å². The minimum Gasteiger partial charge on any atom is -0.308 e. The lowest BCUT2D eigenvalue weighted by Gasteiger charge is -2.53. The average Bonchev–Trinajstić information content (AvgIpc) is 3.58. The molecule has 3 aliphatic rings. The third-order valence-corrected chi connectivity index (χ3v) is 7.24. The van der Waals surface area contributed by atoms with Crippen LogP contribution in [0.4, 0.5) is 5.69 Å². The van der Waals surface area contributed by atoms with Gasteiger partial charge in [-0.25, -0.2) is 0 Å². The molecule has 6 heteroatoms. The molecule has 2 aliphatic heterocycles. The predicted molar refractivity (Wildman–Crippen MR) is 122 cm³/mol. The summed E-state index contributed by atoms with van der Waals surface area (Å²) in [6.45, 7) is 9.54. The van der Waals surface area contributed by atoms with E-state index in [1.807, 2.05) is 43.1 Å². The first kappa shape index (κ1) is 20.6. The second-order valence-corrected chi connectivity index (χ2v) is 9.58. The van der Waals surface area contributed by atoms with Crippen molar-refractivity contribution in [3.63, 3.8) is 0 Å². The van der Waals surface area contributed by atoms with Crippen LogP contribution in [-0.2, 0) is 11.3 Å². The van der Waals surface area contributed by atoms with E-state index in [0.717, 1.165) is 80.8 Å². The molecular weight excluding hydrogens is 386 g/mol. The summed E-state index contributed by atoms with van der Waals surface area (Å²) in [4.78, 5) is 30.0. The summed E-state index contributed by atoms with van der Waals surface area (Å²) in [6, 6.07) is 10.3. The number of carbonyl (C=O) groups is 1. The Morgan fingerprint density at radius 2 is 1.81 bits per heavy atom. The number of nitrogens with zero attached hydrogens (tertiary/aromatic N) is 5.